The lowest BCUT2D eigenvalue weighted by Gasteiger charge is -2.22. The van der Waals surface area contributed by atoms with Crippen LogP contribution in [0.1, 0.15) is 25.3 Å². The van der Waals surface area contributed by atoms with Crippen LogP contribution < -0.4 is 15.9 Å². The molecule has 0 aliphatic carbocycles. The molecule has 3 heteroatoms. The van der Waals surface area contributed by atoms with E-state index in [1.165, 1.54) is 15.9 Å². The third kappa shape index (κ3) is 4.33. The molecule has 1 aliphatic heterocycles. The van der Waals surface area contributed by atoms with Gasteiger partial charge in [-0.25, -0.2) is 4.99 Å². The van der Waals surface area contributed by atoms with Gasteiger partial charge in [0.05, 0.1) is 0 Å². The molecule has 1 unspecified atom stereocenters. The van der Waals surface area contributed by atoms with Crippen molar-refractivity contribution in [3.05, 3.63) is 90.5 Å². The van der Waals surface area contributed by atoms with Gasteiger partial charge in [-0.1, -0.05) is 92.2 Å². The van der Waals surface area contributed by atoms with Crippen molar-refractivity contribution in [1.82, 2.24) is 0 Å². The highest BCUT2D eigenvalue weighted by molar-refractivity contribution is 7.80. The molecular weight excluding hydrogens is 385 g/mol. The van der Waals surface area contributed by atoms with Crippen LogP contribution in [0.25, 0.3) is 0 Å². The van der Waals surface area contributed by atoms with Gasteiger partial charge in [0.15, 0.2) is 0 Å². The number of aliphatic imine (C=N–C) groups is 1. The Morgan fingerprint density at radius 2 is 1.57 bits per heavy atom. The van der Waals surface area contributed by atoms with Crippen molar-refractivity contribution in [3.8, 4) is 12.3 Å². The maximum absolute atomic E-state index is 6.11. The van der Waals surface area contributed by atoms with E-state index in [0.29, 0.717) is 6.61 Å². The van der Waals surface area contributed by atoms with Crippen LogP contribution in [-0.4, -0.2) is 18.5 Å². The first-order chi connectivity index (χ1) is 14.8. The zero-order valence-corrected chi connectivity index (χ0v) is 18.1. The molecule has 0 saturated heterocycles. The molecular formula is C27H26NOP. The van der Waals surface area contributed by atoms with Crippen molar-refractivity contribution in [2.24, 2.45) is 10.9 Å². The van der Waals surface area contributed by atoms with Crippen LogP contribution in [0.2, 0.25) is 0 Å². The summed E-state index contributed by atoms with van der Waals surface area (Å²) in [6.45, 7) is 2.72. The molecule has 0 fully saturated rings. The summed E-state index contributed by atoms with van der Waals surface area (Å²) in [5.74, 6) is 3.78. The van der Waals surface area contributed by atoms with Crippen LogP contribution in [0, 0.1) is 18.3 Å². The summed E-state index contributed by atoms with van der Waals surface area (Å²) in [5, 5.41) is 3.89. The van der Waals surface area contributed by atoms with Gasteiger partial charge in [-0.3, -0.25) is 0 Å². The number of rotatable bonds is 7. The van der Waals surface area contributed by atoms with Gasteiger partial charge in [0.1, 0.15) is 12.6 Å². The van der Waals surface area contributed by atoms with E-state index in [9.17, 15) is 0 Å². The Bertz CT molecular complexity index is 1000. The summed E-state index contributed by atoms with van der Waals surface area (Å²) >= 11 is 0. The zero-order chi connectivity index (χ0) is 20.8. The fourth-order valence-electron chi connectivity index (χ4n) is 3.87. The Morgan fingerprint density at radius 1 is 0.967 bits per heavy atom. The van der Waals surface area contributed by atoms with E-state index in [1.54, 1.807) is 0 Å². The maximum Gasteiger partial charge on any atom is 0.217 e. The van der Waals surface area contributed by atoms with Crippen LogP contribution >= 0.6 is 7.92 Å². The number of hydrogen-bond acceptors (Lipinski definition) is 2. The van der Waals surface area contributed by atoms with E-state index in [4.69, 9.17) is 16.2 Å². The molecule has 0 spiro atoms. The quantitative estimate of drug-likeness (QED) is 0.410. The Hall–Kier alpha value is -2.88. The minimum Gasteiger partial charge on any atom is -0.475 e. The Morgan fingerprint density at radius 3 is 2.17 bits per heavy atom. The molecule has 0 amide bonds. The van der Waals surface area contributed by atoms with Gasteiger partial charge in [-0.15, -0.1) is 12.3 Å². The summed E-state index contributed by atoms with van der Waals surface area (Å²) in [7, 11) is -0.724. The first-order valence-corrected chi connectivity index (χ1v) is 11.8. The number of benzene rings is 3. The monoisotopic (exact) mass is 411 g/mol. The van der Waals surface area contributed by atoms with Crippen molar-refractivity contribution in [3.63, 3.8) is 0 Å². The lowest BCUT2D eigenvalue weighted by Crippen LogP contribution is -2.25. The minimum absolute atomic E-state index is 0.0395. The highest BCUT2D eigenvalue weighted by Gasteiger charge is 2.29. The summed E-state index contributed by atoms with van der Waals surface area (Å²) in [6, 6.07) is 30.0. The van der Waals surface area contributed by atoms with E-state index in [0.717, 1.165) is 24.3 Å². The Balaban J connectivity index is 1.78. The molecule has 0 radical (unpaired) electrons. The molecule has 3 aromatic carbocycles. The Labute approximate surface area is 180 Å². The second kappa shape index (κ2) is 9.75. The normalized spacial score (nSPS) is 16.6. The smallest absolute Gasteiger partial charge is 0.217 e. The van der Waals surface area contributed by atoms with Crippen LogP contribution in [-0.2, 0) is 4.74 Å². The first kappa shape index (κ1) is 20.4. The minimum atomic E-state index is -0.724. The van der Waals surface area contributed by atoms with Crippen molar-refractivity contribution in [1.29, 1.82) is 0 Å². The summed E-state index contributed by atoms with van der Waals surface area (Å²) in [6.07, 6.45) is 7.81. The molecule has 30 heavy (non-hydrogen) atoms. The van der Waals surface area contributed by atoms with Gasteiger partial charge in [0.25, 0.3) is 0 Å². The van der Waals surface area contributed by atoms with Crippen molar-refractivity contribution in [2.45, 2.75) is 25.8 Å². The molecule has 0 N–H and O–H groups in total. The summed E-state index contributed by atoms with van der Waals surface area (Å²) in [4.78, 5) is 4.94. The van der Waals surface area contributed by atoms with Crippen molar-refractivity contribution in [2.75, 3.05) is 6.61 Å². The van der Waals surface area contributed by atoms with E-state index < -0.39 is 7.92 Å². The maximum atomic E-state index is 6.11. The largest absolute Gasteiger partial charge is 0.475 e. The topological polar surface area (TPSA) is 21.6 Å². The first-order valence-electron chi connectivity index (χ1n) is 10.5. The molecule has 4 rings (SSSR count). The SMILES string of the molecule is C#CC(CCC)[C@@H]1COC(c2ccccc2P(c2ccccc2)c2ccccc2)=N1. The highest BCUT2D eigenvalue weighted by Crippen LogP contribution is 2.35. The third-order valence-corrected chi connectivity index (χ3v) is 7.86. The number of ether oxygens (including phenoxy) is 1. The van der Waals surface area contributed by atoms with E-state index in [1.807, 2.05) is 0 Å². The average Bonchev–Trinajstić information content (AvgIpc) is 3.29. The van der Waals surface area contributed by atoms with E-state index in [2.05, 4.69) is 97.8 Å². The van der Waals surface area contributed by atoms with Gasteiger partial charge >= 0.3 is 0 Å². The average molecular weight is 411 g/mol. The molecule has 3 aromatic rings. The third-order valence-electron chi connectivity index (χ3n) is 5.36. The van der Waals surface area contributed by atoms with Crippen LogP contribution in [0.4, 0.5) is 0 Å². The van der Waals surface area contributed by atoms with Crippen LogP contribution in [0.3, 0.4) is 0 Å². The van der Waals surface area contributed by atoms with Crippen LogP contribution in [0.15, 0.2) is 89.9 Å². The van der Waals surface area contributed by atoms with Crippen molar-refractivity contribution >= 4 is 29.7 Å². The summed E-state index contributed by atoms with van der Waals surface area (Å²) < 4.78 is 6.11. The van der Waals surface area contributed by atoms with Gasteiger partial charge in [0, 0.05) is 11.5 Å². The molecule has 1 heterocycles. The van der Waals surface area contributed by atoms with Gasteiger partial charge in [-0.05, 0) is 36.3 Å². The standard InChI is InChI=1S/C27H26NOP/c1-3-13-21(4-2)25-20-29-27(28-25)24-18-11-12-19-26(24)30(22-14-7-5-8-15-22)23-16-9-6-10-17-23/h2,5-12,14-19,21,25H,3,13,20H2,1H3/t21?,25-/m0/s1. The Kier molecular flexibility index (Phi) is 6.63. The number of terminal acetylenes is 1. The zero-order valence-electron chi connectivity index (χ0n) is 17.2. The molecule has 0 aromatic heterocycles. The van der Waals surface area contributed by atoms with Gasteiger partial charge in [-0.2, -0.15) is 0 Å². The highest BCUT2D eigenvalue weighted by atomic mass is 31.1. The fourth-order valence-corrected chi connectivity index (χ4v) is 6.31. The number of hydrogen-bond donors (Lipinski definition) is 0. The summed E-state index contributed by atoms with van der Waals surface area (Å²) in [5.41, 5.74) is 1.08. The molecule has 150 valence electrons. The molecule has 0 bridgehead atoms. The second-order valence-electron chi connectivity index (χ2n) is 7.40. The number of nitrogens with zero attached hydrogens (tertiary/aromatic N) is 1. The molecule has 2 atom stereocenters. The van der Waals surface area contributed by atoms with Gasteiger partial charge in [0.2, 0.25) is 5.90 Å². The fraction of sp³-hybridized carbons (Fsp3) is 0.222. The lowest BCUT2D eigenvalue weighted by atomic mass is 9.97. The predicted molar refractivity (Wildman–Crippen MR) is 129 cm³/mol. The van der Waals surface area contributed by atoms with Crippen molar-refractivity contribution < 1.29 is 4.74 Å². The molecule has 1 aliphatic rings. The van der Waals surface area contributed by atoms with E-state index in [-0.39, 0.29) is 12.0 Å². The van der Waals surface area contributed by atoms with E-state index >= 15 is 0 Å². The second-order valence-corrected chi connectivity index (χ2v) is 9.58. The lowest BCUT2D eigenvalue weighted by molar-refractivity contribution is 0.292. The van der Waals surface area contributed by atoms with Gasteiger partial charge < -0.3 is 4.74 Å². The van der Waals surface area contributed by atoms with Crippen LogP contribution in [0.5, 0.6) is 0 Å². The molecule has 2 nitrogen and oxygen atoms in total. The predicted octanol–water partition coefficient (Wildman–Crippen LogP) is 4.64. The molecule has 0 saturated carbocycles.